The Morgan fingerprint density at radius 2 is 2.36 bits per heavy atom. The topological polar surface area (TPSA) is 56.0 Å². The molecule has 2 heterocycles. The smallest absolute Gasteiger partial charge is 0.186 e. The summed E-state index contributed by atoms with van der Waals surface area (Å²) in [6.07, 6.45) is 0. The Bertz CT molecular complexity index is 495. The minimum atomic E-state index is -0.0656. The second kappa shape index (κ2) is 3.65. The number of carbonyl (C=O) groups is 1. The lowest BCUT2D eigenvalue weighted by molar-refractivity contribution is 0.101. The zero-order chi connectivity index (χ0) is 10.1. The van der Waals surface area contributed by atoms with Crippen LogP contribution >= 0.6 is 22.9 Å². The summed E-state index contributed by atoms with van der Waals surface area (Å²) in [5.41, 5.74) is 6.02. The number of nitrogens with two attached hydrogens (primary N) is 1. The molecule has 0 aromatic carbocycles. The van der Waals surface area contributed by atoms with Gasteiger partial charge in [0.05, 0.1) is 21.6 Å². The Hall–Kier alpha value is -0.970. The molecule has 0 spiro atoms. The lowest BCUT2D eigenvalue weighted by atomic mass is 10.3. The lowest BCUT2D eigenvalue weighted by Gasteiger charge is -1.87. The highest BCUT2D eigenvalue weighted by molar-refractivity contribution is 7.20. The van der Waals surface area contributed by atoms with E-state index in [2.05, 4.69) is 4.98 Å². The first-order valence-electron chi connectivity index (χ1n) is 4.00. The summed E-state index contributed by atoms with van der Waals surface area (Å²) in [7, 11) is 0. The summed E-state index contributed by atoms with van der Waals surface area (Å²) in [6, 6.07) is 5.28. The van der Waals surface area contributed by atoms with E-state index in [0.717, 1.165) is 10.2 Å². The highest BCUT2D eigenvalue weighted by Gasteiger charge is 2.09. The molecule has 72 valence electrons. The molecular weight excluding hydrogens is 220 g/mol. The number of halogens is 1. The highest BCUT2D eigenvalue weighted by Crippen LogP contribution is 2.25. The van der Waals surface area contributed by atoms with Crippen molar-refractivity contribution in [3.63, 3.8) is 0 Å². The van der Waals surface area contributed by atoms with E-state index in [1.54, 1.807) is 12.1 Å². The van der Waals surface area contributed by atoms with Gasteiger partial charge >= 0.3 is 0 Å². The first-order chi connectivity index (χ1) is 6.70. The van der Waals surface area contributed by atoms with Gasteiger partial charge in [0, 0.05) is 0 Å². The molecule has 5 heteroatoms. The molecule has 0 atom stereocenters. The number of pyridine rings is 1. The van der Waals surface area contributed by atoms with E-state index in [9.17, 15) is 4.79 Å². The molecule has 2 aromatic heterocycles. The molecule has 0 aliphatic rings. The van der Waals surface area contributed by atoms with E-state index in [-0.39, 0.29) is 12.3 Å². The number of carbonyl (C=O) groups excluding carboxylic acids is 1. The normalized spacial score (nSPS) is 10.7. The monoisotopic (exact) mass is 226 g/mol. The summed E-state index contributed by atoms with van der Waals surface area (Å²) >= 11 is 7.11. The second-order valence-corrected chi connectivity index (χ2v) is 4.23. The maximum Gasteiger partial charge on any atom is 0.186 e. The van der Waals surface area contributed by atoms with Gasteiger partial charge in [-0.3, -0.25) is 4.79 Å². The molecule has 2 rings (SSSR count). The van der Waals surface area contributed by atoms with Gasteiger partial charge in [0.1, 0.15) is 5.15 Å². The molecule has 0 saturated carbocycles. The molecule has 14 heavy (non-hydrogen) atoms. The second-order valence-electron chi connectivity index (χ2n) is 2.76. The van der Waals surface area contributed by atoms with E-state index >= 15 is 0 Å². The van der Waals surface area contributed by atoms with E-state index in [1.165, 1.54) is 11.3 Å². The van der Waals surface area contributed by atoms with Crippen LogP contribution in [0.25, 0.3) is 10.2 Å². The molecule has 0 fully saturated rings. The van der Waals surface area contributed by atoms with Gasteiger partial charge in [-0.05, 0) is 18.2 Å². The Morgan fingerprint density at radius 3 is 3.07 bits per heavy atom. The first-order valence-corrected chi connectivity index (χ1v) is 5.19. The van der Waals surface area contributed by atoms with Crippen molar-refractivity contribution in [2.75, 3.05) is 6.54 Å². The molecule has 0 aliphatic heterocycles. The van der Waals surface area contributed by atoms with Crippen LogP contribution in [0.15, 0.2) is 18.2 Å². The molecule has 0 saturated heterocycles. The van der Waals surface area contributed by atoms with Gasteiger partial charge in [-0.15, -0.1) is 11.3 Å². The summed E-state index contributed by atoms with van der Waals surface area (Å²) in [4.78, 5) is 16.0. The average molecular weight is 227 g/mol. The minimum absolute atomic E-state index is 0.0283. The zero-order valence-electron chi connectivity index (χ0n) is 7.16. The molecular formula is C9H7ClN2OS. The van der Waals surface area contributed by atoms with Crippen LogP contribution in [0.3, 0.4) is 0 Å². The van der Waals surface area contributed by atoms with Crippen LogP contribution in [0.2, 0.25) is 5.15 Å². The Balaban J connectivity index is 2.56. The Morgan fingerprint density at radius 1 is 1.57 bits per heavy atom. The van der Waals surface area contributed by atoms with Crippen molar-refractivity contribution in [2.45, 2.75) is 0 Å². The number of rotatable bonds is 2. The van der Waals surface area contributed by atoms with E-state index in [4.69, 9.17) is 17.3 Å². The number of hydrogen-bond donors (Lipinski definition) is 1. The van der Waals surface area contributed by atoms with Gasteiger partial charge in [0.15, 0.2) is 5.78 Å². The van der Waals surface area contributed by atoms with Crippen molar-refractivity contribution in [1.82, 2.24) is 4.98 Å². The van der Waals surface area contributed by atoms with Crippen LogP contribution in [0, 0.1) is 0 Å². The minimum Gasteiger partial charge on any atom is -0.324 e. The molecule has 2 N–H and O–H groups in total. The van der Waals surface area contributed by atoms with Gasteiger partial charge < -0.3 is 5.73 Å². The third-order valence-electron chi connectivity index (χ3n) is 1.80. The van der Waals surface area contributed by atoms with E-state index in [0.29, 0.717) is 10.0 Å². The number of aromatic nitrogens is 1. The maximum atomic E-state index is 11.3. The van der Waals surface area contributed by atoms with E-state index in [1.807, 2.05) is 6.07 Å². The third kappa shape index (κ3) is 1.64. The first kappa shape index (κ1) is 9.58. The standard InChI is InChI=1S/C9H7ClN2OS/c10-9-2-1-7-5(12-9)3-8(14-7)6(13)4-11/h1-3H,4,11H2. The van der Waals surface area contributed by atoms with Crippen molar-refractivity contribution < 1.29 is 4.79 Å². The molecule has 0 amide bonds. The number of Topliss-reactive ketones (excluding diaryl/α,β-unsaturated/α-hetero) is 1. The van der Waals surface area contributed by atoms with Gasteiger partial charge in [0.25, 0.3) is 0 Å². The van der Waals surface area contributed by atoms with Crippen molar-refractivity contribution in [1.29, 1.82) is 0 Å². The van der Waals surface area contributed by atoms with Gasteiger partial charge in [-0.1, -0.05) is 11.6 Å². The predicted octanol–water partition coefficient (Wildman–Crippen LogP) is 2.09. The van der Waals surface area contributed by atoms with Crippen molar-refractivity contribution in [3.8, 4) is 0 Å². The quantitative estimate of drug-likeness (QED) is 0.630. The molecule has 0 bridgehead atoms. The number of nitrogens with zero attached hydrogens (tertiary/aromatic N) is 1. The molecule has 0 radical (unpaired) electrons. The SMILES string of the molecule is NCC(=O)c1cc2nc(Cl)ccc2s1. The predicted molar refractivity (Wildman–Crippen MR) is 58.0 cm³/mol. The fourth-order valence-corrected chi connectivity index (χ4v) is 2.24. The van der Waals surface area contributed by atoms with E-state index < -0.39 is 0 Å². The average Bonchev–Trinajstić information content (AvgIpc) is 2.59. The third-order valence-corrected chi connectivity index (χ3v) is 3.14. The van der Waals surface area contributed by atoms with Gasteiger partial charge in [0.2, 0.25) is 0 Å². The number of thiophene rings is 1. The maximum absolute atomic E-state index is 11.3. The Kier molecular flexibility index (Phi) is 2.50. The van der Waals surface area contributed by atoms with Crippen LogP contribution in [0.1, 0.15) is 9.67 Å². The number of hydrogen-bond acceptors (Lipinski definition) is 4. The van der Waals surface area contributed by atoms with Gasteiger partial charge in [-0.25, -0.2) is 4.98 Å². The van der Waals surface area contributed by atoms with Crippen LogP contribution in [-0.2, 0) is 0 Å². The molecule has 3 nitrogen and oxygen atoms in total. The van der Waals surface area contributed by atoms with Crippen LogP contribution in [0.4, 0.5) is 0 Å². The van der Waals surface area contributed by atoms with Crippen LogP contribution in [-0.4, -0.2) is 17.3 Å². The lowest BCUT2D eigenvalue weighted by Crippen LogP contribution is -2.11. The summed E-state index contributed by atoms with van der Waals surface area (Å²) < 4.78 is 0.950. The highest BCUT2D eigenvalue weighted by atomic mass is 35.5. The zero-order valence-corrected chi connectivity index (χ0v) is 8.73. The fraction of sp³-hybridized carbons (Fsp3) is 0.111. The molecule has 2 aromatic rings. The number of fused-ring (bicyclic) bond motifs is 1. The largest absolute Gasteiger partial charge is 0.324 e. The van der Waals surface area contributed by atoms with Crippen LogP contribution < -0.4 is 5.73 Å². The van der Waals surface area contributed by atoms with Gasteiger partial charge in [-0.2, -0.15) is 0 Å². The Labute approximate surface area is 89.5 Å². The molecule has 0 unspecified atom stereocenters. The summed E-state index contributed by atoms with van der Waals surface area (Å²) in [6.45, 7) is 0.0283. The van der Waals surface area contributed by atoms with Crippen molar-refractivity contribution in [3.05, 3.63) is 28.2 Å². The summed E-state index contributed by atoms with van der Waals surface area (Å²) in [5.74, 6) is -0.0656. The molecule has 0 aliphatic carbocycles. The number of ketones is 1. The fourth-order valence-electron chi connectivity index (χ4n) is 1.14. The van der Waals surface area contributed by atoms with Crippen molar-refractivity contribution >= 4 is 38.9 Å². The van der Waals surface area contributed by atoms with Crippen molar-refractivity contribution in [2.24, 2.45) is 5.73 Å². The van der Waals surface area contributed by atoms with Crippen LogP contribution in [0.5, 0.6) is 0 Å². The summed E-state index contributed by atoms with van der Waals surface area (Å²) in [5, 5.41) is 0.432.